The van der Waals surface area contributed by atoms with Crippen LogP contribution in [0.25, 0.3) is 0 Å². The van der Waals surface area contributed by atoms with Gasteiger partial charge < -0.3 is 20.1 Å². The molecule has 4 rings (SSSR count). The molecule has 2 aromatic rings. The van der Waals surface area contributed by atoms with Gasteiger partial charge in [-0.2, -0.15) is 4.31 Å². The van der Waals surface area contributed by atoms with Crippen LogP contribution in [-0.2, 0) is 10.0 Å². The van der Waals surface area contributed by atoms with E-state index < -0.39 is 45.8 Å². The highest BCUT2D eigenvalue weighted by Crippen LogP contribution is 2.34. The molecule has 3 atom stereocenters. The van der Waals surface area contributed by atoms with Crippen LogP contribution in [0.3, 0.4) is 0 Å². The Bertz CT molecular complexity index is 1370. The molecular weight excluding hydrogens is 516 g/mol. The highest BCUT2D eigenvalue weighted by Gasteiger charge is 2.38. The summed E-state index contributed by atoms with van der Waals surface area (Å²) in [7, 11) is -2.53. The van der Waals surface area contributed by atoms with Crippen molar-refractivity contribution in [2.24, 2.45) is 11.8 Å². The normalized spacial score (nSPS) is 21.5. The van der Waals surface area contributed by atoms with Gasteiger partial charge in [-0.3, -0.25) is 0 Å². The summed E-state index contributed by atoms with van der Waals surface area (Å²) in [4.78, 5) is 14.0. The molecule has 38 heavy (non-hydrogen) atoms. The maximum Gasteiger partial charge on any atom is 0.321 e. The summed E-state index contributed by atoms with van der Waals surface area (Å²) >= 11 is 0. The number of rotatable bonds is 5. The number of halogens is 2. The van der Waals surface area contributed by atoms with Crippen LogP contribution >= 0.6 is 0 Å². The fourth-order valence-corrected chi connectivity index (χ4v) is 5.92. The number of fused-ring (bicyclic) bond motifs is 1. The average Bonchev–Trinajstić information content (AvgIpc) is 3.71. The third-order valence-electron chi connectivity index (χ3n) is 6.64. The third-order valence-corrected chi connectivity index (χ3v) is 8.66. The van der Waals surface area contributed by atoms with E-state index in [1.807, 2.05) is 0 Å². The molecule has 8 nitrogen and oxygen atoms in total. The molecule has 1 heterocycles. The first-order valence-corrected chi connectivity index (χ1v) is 13.9. The van der Waals surface area contributed by atoms with E-state index in [4.69, 9.17) is 4.74 Å². The number of amides is 2. The Morgan fingerprint density at radius 2 is 2.00 bits per heavy atom. The number of sulfonamides is 1. The second-order valence-electron chi connectivity index (χ2n) is 9.88. The van der Waals surface area contributed by atoms with Gasteiger partial charge in [0.2, 0.25) is 10.0 Å². The zero-order valence-electron chi connectivity index (χ0n) is 21.4. The predicted molar refractivity (Wildman–Crippen MR) is 138 cm³/mol. The van der Waals surface area contributed by atoms with Crippen molar-refractivity contribution in [1.82, 2.24) is 9.21 Å². The summed E-state index contributed by atoms with van der Waals surface area (Å²) < 4.78 is 62.2. The molecule has 2 aliphatic rings. The highest BCUT2D eigenvalue weighted by molar-refractivity contribution is 7.89. The fourth-order valence-electron chi connectivity index (χ4n) is 4.09. The number of ether oxygens (including phenoxy) is 1. The van der Waals surface area contributed by atoms with Crippen molar-refractivity contribution in [3.8, 4) is 17.6 Å². The second-order valence-corrected chi connectivity index (χ2v) is 11.7. The van der Waals surface area contributed by atoms with Crippen molar-refractivity contribution >= 4 is 21.7 Å². The van der Waals surface area contributed by atoms with Gasteiger partial charge >= 0.3 is 6.03 Å². The number of urea groups is 1. The number of hydrogen-bond donors (Lipinski definition) is 2. The zero-order chi connectivity index (χ0) is 27.6. The summed E-state index contributed by atoms with van der Waals surface area (Å²) in [5, 5.41) is 12.1. The number of nitrogens with zero attached hydrogens (tertiary/aromatic N) is 2. The van der Waals surface area contributed by atoms with Crippen LogP contribution in [0.15, 0.2) is 41.3 Å². The molecule has 0 aromatic heterocycles. The van der Waals surface area contributed by atoms with Crippen LogP contribution in [-0.4, -0.2) is 67.7 Å². The summed E-state index contributed by atoms with van der Waals surface area (Å²) in [5.41, 5.74) is 0.305. The van der Waals surface area contributed by atoms with Crippen LogP contribution in [0.1, 0.15) is 32.3 Å². The molecule has 1 saturated carbocycles. The van der Waals surface area contributed by atoms with E-state index in [2.05, 4.69) is 17.2 Å². The van der Waals surface area contributed by atoms with E-state index in [1.165, 1.54) is 22.3 Å². The number of nitrogens with one attached hydrogen (secondary N) is 1. The maximum absolute atomic E-state index is 14.0. The fraction of sp³-hybridized carbons (Fsp3) is 0.444. The van der Waals surface area contributed by atoms with E-state index in [0.29, 0.717) is 11.5 Å². The Morgan fingerprint density at radius 3 is 2.68 bits per heavy atom. The molecule has 0 saturated heterocycles. The quantitative estimate of drug-likeness (QED) is 0.557. The van der Waals surface area contributed by atoms with Gasteiger partial charge in [0, 0.05) is 43.1 Å². The van der Waals surface area contributed by atoms with Crippen molar-refractivity contribution in [3.63, 3.8) is 0 Å². The van der Waals surface area contributed by atoms with Crippen LogP contribution < -0.4 is 10.1 Å². The summed E-state index contributed by atoms with van der Waals surface area (Å²) in [5.74, 6) is 4.78. The molecule has 1 fully saturated rings. The minimum atomic E-state index is -4.01. The van der Waals surface area contributed by atoms with Crippen LogP contribution in [0.2, 0.25) is 0 Å². The van der Waals surface area contributed by atoms with Crippen molar-refractivity contribution in [3.05, 3.63) is 53.6 Å². The predicted octanol–water partition coefficient (Wildman–Crippen LogP) is 3.66. The number of anilines is 1. The van der Waals surface area contributed by atoms with E-state index in [1.54, 1.807) is 26.0 Å². The molecule has 1 aliphatic carbocycles. The molecule has 2 aromatic carbocycles. The SMILES string of the molecule is C[C@@H]1CN([C@@H](C)CO)S(=O)(=O)c2ccc(C#CC3CC3)cc2O[C@@H]1CN(C)C(=O)Nc1cc(F)ccc1F. The van der Waals surface area contributed by atoms with Gasteiger partial charge in [-0.25, -0.2) is 22.0 Å². The van der Waals surface area contributed by atoms with Gasteiger partial charge in [0.25, 0.3) is 0 Å². The lowest BCUT2D eigenvalue weighted by Crippen LogP contribution is -2.50. The van der Waals surface area contributed by atoms with Gasteiger partial charge in [-0.1, -0.05) is 18.8 Å². The number of hydrogen-bond acceptors (Lipinski definition) is 5. The second kappa shape index (κ2) is 11.3. The number of likely N-dealkylation sites (N-methyl/N-ethyl adjacent to an activating group) is 1. The lowest BCUT2D eigenvalue weighted by atomic mass is 10.0. The summed E-state index contributed by atoms with van der Waals surface area (Å²) in [6.45, 7) is 3.08. The molecule has 0 bridgehead atoms. The first-order chi connectivity index (χ1) is 18.0. The topological polar surface area (TPSA) is 99.2 Å². The molecule has 0 unspecified atom stereocenters. The maximum atomic E-state index is 14.0. The summed E-state index contributed by atoms with van der Waals surface area (Å²) in [6, 6.07) is 6.03. The number of benzene rings is 2. The number of carbonyl (C=O) groups excluding carboxylic acids is 1. The monoisotopic (exact) mass is 547 g/mol. The molecule has 1 aliphatic heterocycles. The van der Waals surface area contributed by atoms with Crippen molar-refractivity contribution in [2.45, 2.75) is 43.7 Å². The van der Waals surface area contributed by atoms with E-state index in [-0.39, 0.29) is 36.0 Å². The minimum absolute atomic E-state index is 0.0166. The van der Waals surface area contributed by atoms with Gasteiger partial charge in [0.15, 0.2) is 0 Å². The largest absolute Gasteiger partial charge is 0.487 e. The standard InChI is InChI=1S/C27H31F2N3O5S/c1-17-14-32(18(2)16-33)38(35,36)26-11-8-20(7-6-19-4-5-19)12-24(26)37-25(17)15-31(3)27(34)30-23-13-21(28)9-10-22(23)29/h8-13,17-19,25,33H,4-5,14-16H2,1-3H3,(H,30,34)/t17-,18+,25-/m1/s1. The molecule has 0 radical (unpaired) electrons. The smallest absolute Gasteiger partial charge is 0.321 e. The molecule has 0 spiro atoms. The van der Waals surface area contributed by atoms with Crippen LogP contribution in [0.5, 0.6) is 5.75 Å². The Labute approximate surface area is 221 Å². The summed E-state index contributed by atoms with van der Waals surface area (Å²) in [6.07, 6.45) is 1.42. The van der Waals surface area contributed by atoms with E-state index in [0.717, 1.165) is 31.0 Å². The number of carbonyl (C=O) groups is 1. The van der Waals surface area contributed by atoms with Crippen LogP contribution in [0.4, 0.5) is 19.3 Å². The Morgan fingerprint density at radius 1 is 1.26 bits per heavy atom. The lowest BCUT2D eigenvalue weighted by Gasteiger charge is -2.37. The first kappa shape index (κ1) is 27.8. The van der Waals surface area contributed by atoms with Gasteiger partial charge in [0.1, 0.15) is 28.4 Å². The van der Waals surface area contributed by atoms with E-state index >= 15 is 0 Å². The molecule has 2 N–H and O–H groups in total. The molecule has 11 heteroatoms. The van der Waals surface area contributed by atoms with Crippen LogP contribution in [0, 0.1) is 35.3 Å². The van der Waals surface area contributed by atoms with Gasteiger partial charge in [-0.15, -0.1) is 0 Å². The number of aliphatic hydroxyl groups is 1. The molecular formula is C27H31F2N3O5S. The zero-order valence-corrected chi connectivity index (χ0v) is 22.3. The minimum Gasteiger partial charge on any atom is -0.487 e. The van der Waals surface area contributed by atoms with E-state index in [9.17, 15) is 27.1 Å². The van der Waals surface area contributed by atoms with Gasteiger partial charge in [0.05, 0.1) is 18.8 Å². The average molecular weight is 548 g/mol. The van der Waals surface area contributed by atoms with Crippen molar-refractivity contribution in [1.29, 1.82) is 0 Å². The first-order valence-electron chi connectivity index (χ1n) is 12.4. The number of aliphatic hydroxyl groups excluding tert-OH is 1. The van der Waals surface area contributed by atoms with Gasteiger partial charge in [-0.05, 0) is 50.1 Å². The lowest BCUT2D eigenvalue weighted by molar-refractivity contribution is 0.0830. The van der Waals surface area contributed by atoms with Crippen molar-refractivity contribution < 1.29 is 31.8 Å². The Hall–Kier alpha value is -3.20. The molecule has 204 valence electrons. The Balaban J connectivity index is 1.64. The third kappa shape index (κ3) is 6.26. The van der Waals surface area contributed by atoms with Crippen molar-refractivity contribution in [2.75, 3.05) is 32.1 Å². The Kier molecular flexibility index (Phi) is 8.25. The molecule has 2 amide bonds. The highest BCUT2D eigenvalue weighted by atomic mass is 32.2.